The molecule has 0 unspecified atom stereocenters. The van der Waals surface area contributed by atoms with Crippen LogP contribution in [0, 0.1) is 0 Å². The van der Waals surface area contributed by atoms with Crippen molar-refractivity contribution in [1.82, 2.24) is 7.59 Å². The molecule has 1 aromatic heterocycles. The number of hydrogen-bond donors (Lipinski definition) is 0. The van der Waals surface area contributed by atoms with Crippen molar-refractivity contribution < 1.29 is 9.31 Å². The molecule has 1 aliphatic rings. The number of aromatic nitrogens is 2. The number of hydrogen-bond acceptors (Lipinski definition) is 3. The average molecular weight is 397 g/mol. The fourth-order valence-electron chi connectivity index (χ4n) is 1.44. The average Bonchev–Trinajstić information content (AvgIpc) is 2.56. The first kappa shape index (κ1) is 11.6. The van der Waals surface area contributed by atoms with Crippen LogP contribution >= 0.6 is 0 Å². The maximum atomic E-state index is 5.88. The molecule has 0 bridgehead atoms. The van der Waals surface area contributed by atoms with E-state index in [1.54, 1.807) is 0 Å². The zero-order chi connectivity index (χ0) is 11.3. The summed E-state index contributed by atoms with van der Waals surface area (Å²) in [6.45, 7) is 8.19. The van der Waals surface area contributed by atoms with Crippen molar-refractivity contribution in [2.75, 3.05) is 0 Å². The predicted molar refractivity (Wildman–Crippen MR) is 59.1 cm³/mol. The van der Waals surface area contributed by atoms with Crippen molar-refractivity contribution in [2.24, 2.45) is 0 Å². The summed E-state index contributed by atoms with van der Waals surface area (Å²) in [5.41, 5.74) is 0.306. The van der Waals surface area contributed by atoms with Crippen molar-refractivity contribution in [3.8, 4) is 0 Å². The van der Waals surface area contributed by atoms with E-state index in [1.165, 1.54) is 0 Å². The van der Waals surface area contributed by atoms with E-state index >= 15 is 0 Å². The first-order valence-electron chi connectivity index (χ1n) is 4.98. The summed E-state index contributed by atoms with van der Waals surface area (Å²) in [5, 5.41) is 4.36. The molecule has 0 aliphatic carbocycles. The van der Waals surface area contributed by atoms with Crippen LogP contribution in [0.4, 0.5) is 0 Å². The van der Waals surface area contributed by atoms with Crippen LogP contribution in [-0.2, 0) is 9.31 Å². The van der Waals surface area contributed by atoms with Crippen molar-refractivity contribution in [3.05, 3.63) is 12.3 Å². The van der Waals surface area contributed by atoms with Crippen molar-refractivity contribution in [3.63, 3.8) is 0 Å². The van der Waals surface area contributed by atoms with Gasteiger partial charge in [-0.2, -0.15) is 0 Å². The molecule has 15 heavy (non-hydrogen) atoms. The van der Waals surface area contributed by atoms with E-state index in [9.17, 15) is 0 Å². The van der Waals surface area contributed by atoms with Crippen LogP contribution in [0.5, 0.6) is 0 Å². The molecule has 1 saturated heterocycles. The molecule has 0 amide bonds. The summed E-state index contributed by atoms with van der Waals surface area (Å²) in [6.07, 6.45) is 1.96. The van der Waals surface area contributed by atoms with E-state index in [2.05, 4.69) is 5.10 Å². The molecule has 0 atom stereocenters. The molecule has 0 radical (unpaired) electrons. The van der Waals surface area contributed by atoms with Gasteiger partial charge in [-0.15, -0.1) is 0 Å². The molecule has 2 heterocycles. The van der Waals surface area contributed by atoms with Gasteiger partial charge < -0.3 is 0 Å². The number of nitrogens with zero attached hydrogens (tertiary/aromatic N) is 2. The first-order chi connectivity index (χ1) is 6.82. The van der Waals surface area contributed by atoms with Crippen LogP contribution in [-0.4, -0.2) is 52.0 Å². The van der Waals surface area contributed by atoms with Gasteiger partial charge in [-0.1, -0.05) is 0 Å². The van der Waals surface area contributed by atoms with Crippen LogP contribution in [0.25, 0.3) is 0 Å². The Labute approximate surface area is 107 Å². The third-order valence-corrected chi connectivity index (χ3v) is 4.24. The third-order valence-electron chi connectivity index (χ3n) is 3.12. The zero-order valence-electron chi connectivity index (χ0n) is 9.52. The molecule has 1 aromatic rings. The summed E-state index contributed by atoms with van der Waals surface area (Å²) < 4.78 is 13.7. The third kappa shape index (κ3) is 2.01. The summed E-state index contributed by atoms with van der Waals surface area (Å²) in [4.78, 5) is 0. The number of rotatable bonds is 1. The molecular formula is C9H14BN2O2Tl. The predicted octanol–water partition coefficient (Wildman–Crippen LogP) is 0.114. The van der Waals surface area contributed by atoms with Gasteiger partial charge in [0.1, 0.15) is 0 Å². The summed E-state index contributed by atoms with van der Waals surface area (Å²) >= 11 is 0.686. The quantitative estimate of drug-likeness (QED) is 0.632. The summed E-state index contributed by atoms with van der Waals surface area (Å²) in [5.74, 6) is 0. The second-order valence-corrected chi connectivity index (χ2v) is 6.87. The Morgan fingerprint density at radius 1 is 1.27 bits per heavy atom. The normalized spacial score (nSPS) is 23.3. The van der Waals surface area contributed by atoms with Crippen LogP contribution in [0.15, 0.2) is 12.3 Å². The Kier molecular flexibility index (Phi) is 2.75. The molecule has 0 N–H and O–H groups in total. The Hall–Kier alpha value is 0.117. The molecule has 0 spiro atoms. The molecule has 1 aliphatic heterocycles. The SMILES string of the molecule is CC1(C)OB(c2cc[n]([Tl])n2)OC1(C)C. The maximum absolute atomic E-state index is 5.88. The molecular weight excluding hydrogens is 383 g/mol. The Balaban J connectivity index is 2.23. The van der Waals surface area contributed by atoms with Gasteiger partial charge in [-0.25, -0.2) is 0 Å². The molecule has 0 saturated carbocycles. The van der Waals surface area contributed by atoms with E-state index in [4.69, 9.17) is 9.31 Å². The fourth-order valence-corrected chi connectivity index (χ4v) is 2.30. The van der Waals surface area contributed by atoms with Crippen molar-refractivity contribution in [2.45, 2.75) is 38.9 Å². The van der Waals surface area contributed by atoms with Gasteiger partial charge in [0.05, 0.1) is 0 Å². The topological polar surface area (TPSA) is 36.3 Å². The monoisotopic (exact) mass is 398 g/mol. The van der Waals surface area contributed by atoms with Gasteiger partial charge in [0.25, 0.3) is 0 Å². The van der Waals surface area contributed by atoms with Crippen LogP contribution < -0.4 is 5.59 Å². The van der Waals surface area contributed by atoms with Crippen molar-refractivity contribution in [1.29, 1.82) is 0 Å². The van der Waals surface area contributed by atoms with E-state index in [-0.39, 0.29) is 18.3 Å². The van der Waals surface area contributed by atoms with Gasteiger partial charge in [-0.05, 0) is 0 Å². The standard InChI is InChI=1S/C9H14BN2O2.Tl/c1-8(2)9(3,4)14-10(13-8)7-5-6-11-12-7;/h5-6H,1-4H3;/q-1;+1. The van der Waals surface area contributed by atoms with Gasteiger partial charge >= 0.3 is 107 Å². The molecule has 4 nitrogen and oxygen atoms in total. The van der Waals surface area contributed by atoms with Crippen LogP contribution in [0.3, 0.4) is 0 Å². The molecule has 2 rings (SSSR count). The first-order valence-corrected chi connectivity index (χ1v) is 6.99. The van der Waals surface area contributed by atoms with E-state index in [0.717, 1.165) is 5.59 Å². The summed E-state index contributed by atoms with van der Waals surface area (Å²) in [7, 11) is -0.324. The second kappa shape index (κ2) is 3.56. The zero-order valence-corrected chi connectivity index (χ0v) is 14.0. The van der Waals surface area contributed by atoms with E-state index in [0.29, 0.717) is 26.1 Å². The van der Waals surface area contributed by atoms with Gasteiger partial charge in [-0.3, -0.25) is 0 Å². The Morgan fingerprint density at radius 3 is 2.20 bits per heavy atom. The minimum absolute atomic E-state index is 0.283. The Bertz CT molecular complexity index is 362. The molecule has 0 aromatic carbocycles. The van der Waals surface area contributed by atoms with Gasteiger partial charge in [0, 0.05) is 0 Å². The second-order valence-electron chi connectivity index (χ2n) is 4.81. The Morgan fingerprint density at radius 2 is 1.80 bits per heavy atom. The van der Waals surface area contributed by atoms with E-state index < -0.39 is 0 Å². The van der Waals surface area contributed by atoms with Gasteiger partial charge in [0.2, 0.25) is 0 Å². The molecule has 78 valence electrons. The van der Waals surface area contributed by atoms with Crippen molar-refractivity contribution >= 4 is 38.8 Å². The summed E-state index contributed by atoms with van der Waals surface area (Å²) in [6, 6.07) is 1.96. The van der Waals surface area contributed by atoms with Gasteiger partial charge in [0.15, 0.2) is 0 Å². The molecule has 6 heteroatoms. The minimum atomic E-state index is -0.324. The fraction of sp³-hybridized carbons (Fsp3) is 0.667. The molecule has 1 fully saturated rings. The van der Waals surface area contributed by atoms with Crippen LogP contribution in [0.1, 0.15) is 27.7 Å². The van der Waals surface area contributed by atoms with E-state index in [1.807, 2.05) is 42.4 Å². The van der Waals surface area contributed by atoms with Crippen LogP contribution in [0.2, 0.25) is 0 Å².